The largest absolute Gasteiger partial charge is 0.497 e. The highest BCUT2D eigenvalue weighted by atomic mass is 32.2. The van der Waals surface area contributed by atoms with Gasteiger partial charge >= 0.3 is 0 Å². The Bertz CT molecular complexity index is 1250. The summed E-state index contributed by atoms with van der Waals surface area (Å²) in [5, 5.41) is 3.03. The molecule has 35 heavy (non-hydrogen) atoms. The number of carbonyl (C=O) groups excluding carboxylic acids is 1. The number of rotatable bonds is 9. The lowest BCUT2D eigenvalue weighted by Gasteiger charge is -2.28. The Morgan fingerprint density at radius 2 is 1.69 bits per heavy atom. The molecule has 0 aromatic heterocycles. The lowest BCUT2D eigenvalue weighted by molar-refractivity contribution is 0.0938. The van der Waals surface area contributed by atoms with Crippen LogP contribution < -0.4 is 14.8 Å². The minimum atomic E-state index is -3.75. The summed E-state index contributed by atoms with van der Waals surface area (Å²) in [5.74, 6) is 0.543. The second-order valence-electron chi connectivity index (χ2n) is 8.74. The molecular weight excluding hydrogens is 462 g/mol. The van der Waals surface area contributed by atoms with E-state index in [0.29, 0.717) is 17.8 Å². The number of sulfonamides is 1. The first kappa shape index (κ1) is 24.8. The molecule has 3 aromatic rings. The zero-order chi connectivity index (χ0) is 24.8. The molecule has 1 amide bonds. The molecule has 1 aliphatic heterocycles. The molecule has 7 nitrogen and oxygen atoms in total. The molecule has 1 saturated heterocycles. The van der Waals surface area contributed by atoms with Crippen molar-refractivity contribution >= 4 is 21.6 Å². The maximum Gasteiger partial charge on any atom is 0.261 e. The minimum Gasteiger partial charge on any atom is -0.497 e. The summed E-state index contributed by atoms with van der Waals surface area (Å²) in [6.07, 6.45) is 2.28. The van der Waals surface area contributed by atoms with Crippen LogP contribution in [-0.2, 0) is 10.0 Å². The lowest BCUT2D eigenvalue weighted by atomic mass is 10.0. The van der Waals surface area contributed by atoms with E-state index < -0.39 is 10.0 Å². The fourth-order valence-electron chi connectivity index (χ4n) is 4.27. The van der Waals surface area contributed by atoms with Gasteiger partial charge in [0, 0.05) is 17.8 Å². The molecule has 8 heteroatoms. The van der Waals surface area contributed by atoms with Crippen molar-refractivity contribution in [2.24, 2.45) is 0 Å². The molecule has 4 rings (SSSR count). The van der Waals surface area contributed by atoms with Crippen molar-refractivity contribution in [3.63, 3.8) is 0 Å². The molecule has 0 saturated carbocycles. The minimum absolute atomic E-state index is 0.0370. The van der Waals surface area contributed by atoms with Gasteiger partial charge in [0.25, 0.3) is 15.9 Å². The Kier molecular flexibility index (Phi) is 7.73. The number of methoxy groups -OCH3 is 1. The normalized spacial score (nSPS) is 14.9. The van der Waals surface area contributed by atoms with Gasteiger partial charge < -0.3 is 10.1 Å². The number of hydrogen-bond donors (Lipinski definition) is 2. The van der Waals surface area contributed by atoms with Crippen LogP contribution in [0.4, 0.5) is 5.69 Å². The first-order valence-corrected chi connectivity index (χ1v) is 13.2. The number of aryl methyl sites for hydroxylation is 1. The second-order valence-corrected chi connectivity index (χ2v) is 10.4. The van der Waals surface area contributed by atoms with Gasteiger partial charge in [0.15, 0.2) is 0 Å². The van der Waals surface area contributed by atoms with Crippen LogP contribution in [0.1, 0.15) is 40.4 Å². The number of carbonyl (C=O) groups is 1. The van der Waals surface area contributed by atoms with Gasteiger partial charge in [0.1, 0.15) is 5.75 Å². The third-order valence-corrected chi connectivity index (χ3v) is 7.64. The van der Waals surface area contributed by atoms with Crippen molar-refractivity contribution in [3.05, 3.63) is 89.5 Å². The van der Waals surface area contributed by atoms with Crippen LogP contribution in [0.2, 0.25) is 0 Å². The highest BCUT2D eigenvalue weighted by Gasteiger charge is 2.24. The van der Waals surface area contributed by atoms with E-state index in [9.17, 15) is 13.2 Å². The van der Waals surface area contributed by atoms with Gasteiger partial charge in [-0.2, -0.15) is 0 Å². The third kappa shape index (κ3) is 6.21. The summed E-state index contributed by atoms with van der Waals surface area (Å²) in [5.41, 5.74) is 3.03. The van der Waals surface area contributed by atoms with Crippen molar-refractivity contribution in [3.8, 4) is 5.75 Å². The molecule has 3 aromatic carbocycles. The van der Waals surface area contributed by atoms with Crippen LogP contribution in [0.25, 0.3) is 0 Å². The predicted octanol–water partition coefficient (Wildman–Crippen LogP) is 4.37. The number of nitrogens with one attached hydrogen (secondary N) is 2. The Labute approximate surface area is 207 Å². The molecule has 0 aliphatic carbocycles. The fourth-order valence-corrected chi connectivity index (χ4v) is 5.33. The molecule has 2 N–H and O–H groups in total. The van der Waals surface area contributed by atoms with E-state index in [4.69, 9.17) is 4.74 Å². The molecule has 0 bridgehead atoms. The number of amides is 1. The number of hydrogen-bond acceptors (Lipinski definition) is 5. The van der Waals surface area contributed by atoms with E-state index in [1.807, 2.05) is 37.3 Å². The number of anilines is 1. The standard InChI is InChI=1S/C27H31N3O4S/c1-20-8-12-23(13-9-20)29-35(32,33)25-14-10-21(11-15-25)27(31)28-19-26(30-16-3-4-17-30)22-6-5-7-24(18-22)34-2/h5-15,18,26,29H,3-4,16-17,19H2,1-2H3,(H,28,31)/t26-/m0/s1. The number of benzene rings is 3. The SMILES string of the molecule is COc1cccc([C@H](CNC(=O)c2ccc(S(=O)(=O)Nc3ccc(C)cc3)cc2)N2CCCC2)c1. The number of likely N-dealkylation sites (tertiary alicyclic amines) is 1. The van der Waals surface area contributed by atoms with Crippen LogP contribution in [0.5, 0.6) is 5.75 Å². The fraction of sp³-hybridized carbons (Fsp3) is 0.296. The van der Waals surface area contributed by atoms with Crippen LogP contribution in [0, 0.1) is 6.92 Å². The molecule has 1 fully saturated rings. The van der Waals surface area contributed by atoms with Gasteiger partial charge in [0.2, 0.25) is 0 Å². The van der Waals surface area contributed by atoms with E-state index >= 15 is 0 Å². The summed E-state index contributed by atoms with van der Waals surface area (Å²) in [6.45, 7) is 4.35. The Morgan fingerprint density at radius 3 is 2.34 bits per heavy atom. The van der Waals surface area contributed by atoms with Crippen molar-refractivity contribution in [2.75, 3.05) is 31.5 Å². The predicted molar refractivity (Wildman–Crippen MR) is 137 cm³/mol. The molecule has 1 heterocycles. The summed E-state index contributed by atoms with van der Waals surface area (Å²) >= 11 is 0. The lowest BCUT2D eigenvalue weighted by Crippen LogP contribution is -2.36. The number of nitrogens with zero attached hydrogens (tertiary/aromatic N) is 1. The van der Waals surface area contributed by atoms with Crippen molar-refractivity contribution in [1.82, 2.24) is 10.2 Å². The van der Waals surface area contributed by atoms with Crippen molar-refractivity contribution < 1.29 is 17.9 Å². The molecule has 1 aliphatic rings. The Hall–Kier alpha value is -3.36. The monoisotopic (exact) mass is 493 g/mol. The van der Waals surface area contributed by atoms with Crippen LogP contribution >= 0.6 is 0 Å². The molecule has 1 atom stereocenters. The maximum atomic E-state index is 12.9. The zero-order valence-electron chi connectivity index (χ0n) is 20.0. The Balaban J connectivity index is 1.43. The van der Waals surface area contributed by atoms with Crippen LogP contribution in [0.3, 0.4) is 0 Å². The van der Waals surface area contributed by atoms with E-state index in [2.05, 4.69) is 21.0 Å². The Morgan fingerprint density at radius 1 is 1.00 bits per heavy atom. The van der Waals surface area contributed by atoms with Crippen molar-refractivity contribution in [2.45, 2.75) is 30.7 Å². The first-order valence-electron chi connectivity index (χ1n) is 11.7. The zero-order valence-corrected chi connectivity index (χ0v) is 20.8. The first-order chi connectivity index (χ1) is 16.9. The maximum absolute atomic E-state index is 12.9. The second kappa shape index (κ2) is 10.9. The summed E-state index contributed by atoms with van der Waals surface area (Å²) in [6, 6.07) is 21.1. The van der Waals surface area contributed by atoms with Gasteiger partial charge in [-0.1, -0.05) is 29.8 Å². The van der Waals surface area contributed by atoms with Crippen LogP contribution in [-0.4, -0.2) is 46.0 Å². The molecular formula is C27H31N3O4S. The number of ether oxygens (including phenoxy) is 1. The topological polar surface area (TPSA) is 87.7 Å². The van der Waals surface area contributed by atoms with E-state index in [1.165, 1.54) is 24.3 Å². The highest BCUT2D eigenvalue weighted by Crippen LogP contribution is 2.27. The van der Waals surface area contributed by atoms with Crippen molar-refractivity contribution in [1.29, 1.82) is 0 Å². The van der Waals surface area contributed by atoms with Gasteiger partial charge in [0.05, 0.1) is 18.0 Å². The molecule has 0 spiro atoms. The van der Waals surface area contributed by atoms with E-state index in [0.717, 1.165) is 42.8 Å². The van der Waals surface area contributed by atoms with Gasteiger partial charge in [-0.15, -0.1) is 0 Å². The van der Waals surface area contributed by atoms with Gasteiger partial charge in [-0.05, 0) is 86.9 Å². The highest BCUT2D eigenvalue weighted by molar-refractivity contribution is 7.92. The average molecular weight is 494 g/mol. The van der Waals surface area contributed by atoms with E-state index in [-0.39, 0.29) is 16.8 Å². The quantitative estimate of drug-likeness (QED) is 0.462. The summed E-state index contributed by atoms with van der Waals surface area (Å²) in [4.78, 5) is 15.4. The van der Waals surface area contributed by atoms with Gasteiger partial charge in [-0.3, -0.25) is 14.4 Å². The molecule has 184 valence electrons. The third-order valence-electron chi connectivity index (χ3n) is 6.25. The van der Waals surface area contributed by atoms with Crippen LogP contribution in [0.15, 0.2) is 77.7 Å². The smallest absolute Gasteiger partial charge is 0.261 e. The van der Waals surface area contributed by atoms with Gasteiger partial charge in [-0.25, -0.2) is 8.42 Å². The molecule has 0 radical (unpaired) electrons. The summed E-state index contributed by atoms with van der Waals surface area (Å²) in [7, 11) is -2.10. The average Bonchev–Trinajstić information content (AvgIpc) is 3.40. The molecule has 0 unspecified atom stereocenters. The summed E-state index contributed by atoms with van der Waals surface area (Å²) < 4.78 is 33.4. The van der Waals surface area contributed by atoms with E-state index in [1.54, 1.807) is 19.2 Å².